The van der Waals surface area contributed by atoms with Crippen LogP contribution >= 0.6 is 11.3 Å². The topological polar surface area (TPSA) is 0 Å². The van der Waals surface area contributed by atoms with Gasteiger partial charge in [0.05, 0.1) is 0 Å². The highest BCUT2D eigenvalue weighted by Crippen LogP contribution is 2.27. The molecule has 0 N–H and O–H groups in total. The van der Waals surface area contributed by atoms with Gasteiger partial charge < -0.3 is 0 Å². The number of hydrogen-bond donors (Lipinski definition) is 0. The quantitative estimate of drug-likeness (QED) is 0.556. The zero-order valence-electron chi connectivity index (χ0n) is 6.72. The molecule has 0 spiro atoms. The van der Waals surface area contributed by atoms with Crippen molar-refractivity contribution in [3.05, 3.63) is 34.7 Å². The Morgan fingerprint density at radius 1 is 1.09 bits per heavy atom. The zero-order valence-corrected chi connectivity index (χ0v) is 7.53. The van der Waals surface area contributed by atoms with E-state index in [-0.39, 0.29) is 0 Å². The normalized spacial score (nSPS) is 10.7. The first-order chi connectivity index (χ1) is 5.29. The van der Waals surface area contributed by atoms with Crippen molar-refractivity contribution in [2.45, 2.75) is 13.8 Å². The van der Waals surface area contributed by atoms with Crippen LogP contribution in [0.15, 0.2) is 23.6 Å². The first-order valence-corrected chi connectivity index (χ1v) is 4.60. The highest BCUT2D eigenvalue weighted by molar-refractivity contribution is 7.17. The van der Waals surface area contributed by atoms with Crippen molar-refractivity contribution in [2.24, 2.45) is 0 Å². The number of fused-ring (bicyclic) bond motifs is 1. The lowest BCUT2D eigenvalue weighted by molar-refractivity contribution is 1.54. The molecule has 0 saturated heterocycles. The predicted octanol–water partition coefficient (Wildman–Crippen LogP) is 3.52. The lowest BCUT2D eigenvalue weighted by Crippen LogP contribution is -1.71. The van der Waals surface area contributed by atoms with Crippen molar-refractivity contribution in [2.75, 3.05) is 0 Å². The van der Waals surface area contributed by atoms with E-state index >= 15 is 0 Å². The van der Waals surface area contributed by atoms with E-state index in [9.17, 15) is 0 Å². The van der Waals surface area contributed by atoms with Gasteiger partial charge in [-0.1, -0.05) is 18.2 Å². The van der Waals surface area contributed by atoms with E-state index < -0.39 is 0 Å². The lowest BCUT2D eigenvalue weighted by Gasteiger charge is -1.93. The van der Waals surface area contributed by atoms with Crippen molar-refractivity contribution in [3.8, 4) is 0 Å². The van der Waals surface area contributed by atoms with Gasteiger partial charge in [0.25, 0.3) is 0 Å². The van der Waals surface area contributed by atoms with Crippen molar-refractivity contribution < 1.29 is 0 Å². The first kappa shape index (κ1) is 6.86. The Labute approximate surface area is 70.5 Å². The minimum atomic E-state index is 1.39. The summed E-state index contributed by atoms with van der Waals surface area (Å²) in [7, 11) is 0. The summed E-state index contributed by atoms with van der Waals surface area (Å²) in [5.74, 6) is 0. The fourth-order valence-electron chi connectivity index (χ4n) is 1.33. The SMILES string of the molecule is Cc1csc2c(C)cccc12. The van der Waals surface area contributed by atoms with E-state index in [0.717, 1.165) is 0 Å². The molecule has 0 aliphatic carbocycles. The van der Waals surface area contributed by atoms with E-state index in [4.69, 9.17) is 0 Å². The van der Waals surface area contributed by atoms with E-state index in [1.807, 2.05) is 11.3 Å². The molecule has 2 rings (SSSR count). The Morgan fingerprint density at radius 3 is 2.64 bits per heavy atom. The van der Waals surface area contributed by atoms with Gasteiger partial charge in [-0.3, -0.25) is 0 Å². The Kier molecular flexibility index (Phi) is 1.46. The summed E-state index contributed by atoms with van der Waals surface area (Å²) >= 11 is 1.84. The molecular weight excluding hydrogens is 152 g/mol. The molecule has 1 aromatic carbocycles. The molecule has 2 aromatic rings. The number of benzene rings is 1. The summed E-state index contributed by atoms with van der Waals surface area (Å²) in [6, 6.07) is 6.48. The first-order valence-electron chi connectivity index (χ1n) is 3.72. The van der Waals surface area contributed by atoms with Crippen LogP contribution in [0.4, 0.5) is 0 Å². The molecule has 1 heteroatoms. The van der Waals surface area contributed by atoms with Crippen molar-refractivity contribution >= 4 is 21.4 Å². The van der Waals surface area contributed by atoms with Crippen molar-refractivity contribution in [1.82, 2.24) is 0 Å². The third-order valence-corrected chi connectivity index (χ3v) is 3.24. The molecule has 0 bridgehead atoms. The lowest BCUT2D eigenvalue weighted by atomic mass is 10.1. The van der Waals surface area contributed by atoms with Gasteiger partial charge in [0, 0.05) is 4.70 Å². The van der Waals surface area contributed by atoms with Crippen LogP contribution in [0.2, 0.25) is 0 Å². The Balaban J connectivity index is 2.94. The molecule has 1 heterocycles. The van der Waals surface area contributed by atoms with Gasteiger partial charge in [0.2, 0.25) is 0 Å². The molecule has 0 aliphatic heterocycles. The molecule has 0 aliphatic rings. The molecule has 1 aromatic heterocycles. The maximum absolute atomic E-state index is 2.22. The minimum Gasteiger partial charge on any atom is -0.143 e. The summed E-state index contributed by atoms with van der Waals surface area (Å²) in [5, 5.41) is 3.63. The molecule has 0 amide bonds. The fourth-order valence-corrected chi connectivity index (χ4v) is 2.36. The summed E-state index contributed by atoms with van der Waals surface area (Å²) in [5.41, 5.74) is 2.79. The van der Waals surface area contributed by atoms with E-state index in [0.29, 0.717) is 0 Å². The van der Waals surface area contributed by atoms with Crippen LogP contribution in [-0.4, -0.2) is 0 Å². The number of rotatable bonds is 0. The molecule has 56 valence electrons. The van der Waals surface area contributed by atoms with E-state index in [1.54, 1.807) is 0 Å². The monoisotopic (exact) mass is 162 g/mol. The van der Waals surface area contributed by atoms with Gasteiger partial charge in [-0.25, -0.2) is 0 Å². The standard InChI is InChI=1S/C10H10S/c1-7-4-3-5-9-8(2)6-11-10(7)9/h3-6H,1-2H3. The maximum atomic E-state index is 2.22. The molecule has 0 saturated carbocycles. The van der Waals surface area contributed by atoms with Crippen molar-refractivity contribution in [3.63, 3.8) is 0 Å². The molecule has 0 nitrogen and oxygen atoms in total. The second-order valence-electron chi connectivity index (χ2n) is 2.87. The number of thiophene rings is 1. The van der Waals surface area contributed by atoms with Crippen molar-refractivity contribution in [1.29, 1.82) is 0 Å². The van der Waals surface area contributed by atoms with Crippen LogP contribution in [0.5, 0.6) is 0 Å². The summed E-state index contributed by atoms with van der Waals surface area (Å²) < 4.78 is 1.44. The third-order valence-electron chi connectivity index (χ3n) is 1.99. The summed E-state index contributed by atoms with van der Waals surface area (Å²) in [6.45, 7) is 4.33. The smallest absolute Gasteiger partial charge is 0.0374 e. The average Bonchev–Trinajstić information content (AvgIpc) is 2.35. The fraction of sp³-hybridized carbons (Fsp3) is 0.200. The second-order valence-corrected chi connectivity index (χ2v) is 3.75. The molecule has 0 atom stereocenters. The largest absolute Gasteiger partial charge is 0.143 e. The van der Waals surface area contributed by atoms with Crippen LogP contribution in [0.1, 0.15) is 11.1 Å². The van der Waals surface area contributed by atoms with Gasteiger partial charge in [-0.15, -0.1) is 11.3 Å². The number of aryl methyl sites for hydroxylation is 2. The summed E-state index contributed by atoms with van der Waals surface area (Å²) in [6.07, 6.45) is 0. The number of hydrogen-bond acceptors (Lipinski definition) is 1. The molecule has 0 unspecified atom stereocenters. The predicted molar refractivity (Wildman–Crippen MR) is 51.3 cm³/mol. The summed E-state index contributed by atoms with van der Waals surface area (Å²) in [4.78, 5) is 0. The van der Waals surface area contributed by atoms with Gasteiger partial charge in [-0.2, -0.15) is 0 Å². The van der Waals surface area contributed by atoms with Crippen LogP contribution in [0, 0.1) is 13.8 Å². The van der Waals surface area contributed by atoms with Crippen LogP contribution in [0.25, 0.3) is 10.1 Å². The average molecular weight is 162 g/mol. The van der Waals surface area contributed by atoms with Gasteiger partial charge in [0.15, 0.2) is 0 Å². The second kappa shape index (κ2) is 2.35. The Hall–Kier alpha value is -0.820. The molecule has 11 heavy (non-hydrogen) atoms. The van der Waals surface area contributed by atoms with E-state index in [1.165, 1.54) is 21.2 Å². The third kappa shape index (κ3) is 0.962. The Bertz CT molecular complexity index is 385. The van der Waals surface area contributed by atoms with Crippen LogP contribution in [-0.2, 0) is 0 Å². The highest BCUT2D eigenvalue weighted by atomic mass is 32.1. The highest BCUT2D eigenvalue weighted by Gasteiger charge is 1.99. The van der Waals surface area contributed by atoms with Crippen LogP contribution < -0.4 is 0 Å². The van der Waals surface area contributed by atoms with Gasteiger partial charge in [-0.05, 0) is 35.7 Å². The van der Waals surface area contributed by atoms with E-state index in [2.05, 4.69) is 37.4 Å². The Morgan fingerprint density at radius 2 is 1.91 bits per heavy atom. The minimum absolute atomic E-state index is 1.39. The molecular formula is C10H10S. The van der Waals surface area contributed by atoms with Gasteiger partial charge >= 0.3 is 0 Å². The maximum Gasteiger partial charge on any atom is 0.0374 e. The zero-order chi connectivity index (χ0) is 7.84. The molecule has 0 fully saturated rings. The molecule has 0 radical (unpaired) electrons. The van der Waals surface area contributed by atoms with Crippen LogP contribution in [0.3, 0.4) is 0 Å². The van der Waals surface area contributed by atoms with Gasteiger partial charge in [0.1, 0.15) is 0 Å².